The number of carbonyl (C=O) groups is 1. The largest absolute Gasteiger partial charge is 0.454 e. The van der Waals surface area contributed by atoms with E-state index < -0.39 is 0 Å². The van der Waals surface area contributed by atoms with E-state index in [-0.39, 0.29) is 12.7 Å². The van der Waals surface area contributed by atoms with Crippen LogP contribution in [0.1, 0.15) is 10.4 Å². The number of imidazole rings is 1. The van der Waals surface area contributed by atoms with E-state index in [4.69, 9.17) is 9.47 Å². The number of carbonyl (C=O) groups excluding carboxylic acids is 1. The van der Waals surface area contributed by atoms with Gasteiger partial charge in [-0.15, -0.1) is 0 Å². The minimum absolute atomic E-state index is 0.190. The van der Waals surface area contributed by atoms with Gasteiger partial charge in [0.25, 0.3) is 5.91 Å². The molecule has 1 N–H and O–H groups in total. The molecule has 3 heterocycles. The van der Waals surface area contributed by atoms with Gasteiger partial charge >= 0.3 is 0 Å². The number of amides is 1. The molecule has 0 atom stereocenters. The fraction of sp³-hybridized carbons (Fsp3) is 0.0667. The molecule has 1 aliphatic heterocycles. The van der Waals surface area contributed by atoms with E-state index in [1.165, 1.54) is 0 Å². The van der Waals surface area contributed by atoms with Gasteiger partial charge in [0.2, 0.25) is 6.79 Å². The molecule has 0 unspecified atom stereocenters. The van der Waals surface area contributed by atoms with E-state index in [0.717, 1.165) is 5.65 Å². The molecule has 6 heteroatoms. The second-order valence-electron chi connectivity index (χ2n) is 4.63. The molecule has 21 heavy (non-hydrogen) atoms. The zero-order chi connectivity index (χ0) is 14.2. The molecule has 4 rings (SSSR count). The summed E-state index contributed by atoms with van der Waals surface area (Å²) in [6.45, 7) is 0.212. The van der Waals surface area contributed by atoms with Crippen LogP contribution >= 0.6 is 0 Å². The van der Waals surface area contributed by atoms with Crippen molar-refractivity contribution in [2.45, 2.75) is 0 Å². The summed E-state index contributed by atoms with van der Waals surface area (Å²) in [4.78, 5) is 16.4. The van der Waals surface area contributed by atoms with Gasteiger partial charge in [0, 0.05) is 30.3 Å². The van der Waals surface area contributed by atoms with Gasteiger partial charge in [-0.25, -0.2) is 4.98 Å². The topological polar surface area (TPSA) is 64.9 Å². The molecular weight excluding hydrogens is 270 g/mol. The van der Waals surface area contributed by atoms with Crippen molar-refractivity contribution in [3.05, 3.63) is 54.5 Å². The lowest BCUT2D eigenvalue weighted by Gasteiger charge is -2.06. The van der Waals surface area contributed by atoms with Crippen LogP contribution in [0.25, 0.3) is 5.65 Å². The number of hydrogen-bond acceptors (Lipinski definition) is 4. The van der Waals surface area contributed by atoms with Gasteiger partial charge in [0.15, 0.2) is 11.5 Å². The third-order valence-corrected chi connectivity index (χ3v) is 3.28. The molecule has 1 aromatic carbocycles. The first-order valence-electron chi connectivity index (χ1n) is 6.43. The van der Waals surface area contributed by atoms with Crippen molar-refractivity contribution >= 4 is 17.2 Å². The molecule has 0 saturated heterocycles. The van der Waals surface area contributed by atoms with Crippen LogP contribution in [0.15, 0.2) is 48.9 Å². The highest BCUT2D eigenvalue weighted by molar-refractivity contribution is 6.04. The average Bonchev–Trinajstić information content (AvgIpc) is 3.14. The van der Waals surface area contributed by atoms with Crippen molar-refractivity contribution in [2.24, 2.45) is 0 Å². The number of rotatable bonds is 2. The lowest BCUT2D eigenvalue weighted by Crippen LogP contribution is -2.12. The van der Waals surface area contributed by atoms with Gasteiger partial charge < -0.3 is 19.2 Å². The number of anilines is 1. The first-order valence-corrected chi connectivity index (χ1v) is 6.43. The van der Waals surface area contributed by atoms with Crippen molar-refractivity contribution in [2.75, 3.05) is 12.1 Å². The summed E-state index contributed by atoms with van der Waals surface area (Å²) in [5.41, 5.74) is 2.02. The number of aromatic nitrogens is 2. The van der Waals surface area contributed by atoms with E-state index in [2.05, 4.69) is 10.3 Å². The number of benzene rings is 1. The number of ether oxygens (including phenoxy) is 2. The Morgan fingerprint density at radius 3 is 3.05 bits per heavy atom. The third kappa shape index (κ3) is 2.06. The van der Waals surface area contributed by atoms with Crippen LogP contribution in [-0.4, -0.2) is 22.1 Å². The summed E-state index contributed by atoms with van der Waals surface area (Å²) < 4.78 is 12.3. The lowest BCUT2D eigenvalue weighted by atomic mass is 10.2. The number of pyridine rings is 1. The SMILES string of the molecule is O=C(Nc1ccc2c(c1)OCO2)c1ccc2nccn2c1. The van der Waals surface area contributed by atoms with Crippen molar-refractivity contribution in [1.82, 2.24) is 9.38 Å². The monoisotopic (exact) mass is 281 g/mol. The molecule has 0 radical (unpaired) electrons. The van der Waals surface area contributed by atoms with Gasteiger partial charge in [-0.3, -0.25) is 4.79 Å². The highest BCUT2D eigenvalue weighted by Crippen LogP contribution is 2.34. The number of hydrogen-bond donors (Lipinski definition) is 1. The van der Waals surface area contributed by atoms with E-state index in [0.29, 0.717) is 22.7 Å². The fourth-order valence-electron chi connectivity index (χ4n) is 2.23. The Hall–Kier alpha value is -3.02. The lowest BCUT2D eigenvalue weighted by molar-refractivity contribution is 0.102. The highest BCUT2D eigenvalue weighted by Gasteiger charge is 2.14. The zero-order valence-electron chi connectivity index (χ0n) is 10.9. The average molecular weight is 281 g/mol. The van der Waals surface area contributed by atoms with Crippen LogP contribution in [-0.2, 0) is 0 Å². The molecule has 2 aromatic heterocycles. The second kappa shape index (κ2) is 4.52. The predicted octanol–water partition coefficient (Wildman–Crippen LogP) is 2.32. The van der Waals surface area contributed by atoms with Crippen LogP contribution < -0.4 is 14.8 Å². The van der Waals surface area contributed by atoms with E-state index in [1.54, 1.807) is 53.3 Å². The quantitative estimate of drug-likeness (QED) is 0.783. The van der Waals surface area contributed by atoms with E-state index in [9.17, 15) is 4.79 Å². The summed E-state index contributed by atoms with van der Waals surface area (Å²) in [7, 11) is 0. The molecule has 0 aliphatic carbocycles. The Labute approximate surface area is 119 Å². The van der Waals surface area contributed by atoms with Crippen molar-refractivity contribution in [1.29, 1.82) is 0 Å². The number of nitrogens with zero attached hydrogens (tertiary/aromatic N) is 2. The van der Waals surface area contributed by atoms with Gasteiger partial charge in [0.05, 0.1) is 5.56 Å². The van der Waals surface area contributed by atoms with Crippen LogP contribution in [0.4, 0.5) is 5.69 Å². The van der Waals surface area contributed by atoms with Crippen molar-refractivity contribution < 1.29 is 14.3 Å². The molecular formula is C15H11N3O3. The minimum atomic E-state index is -0.190. The standard InChI is InChI=1S/C15H11N3O3/c19-15(10-1-4-14-16-5-6-18(14)8-10)17-11-2-3-12-13(7-11)21-9-20-12/h1-8H,9H2,(H,17,19). The molecule has 0 bridgehead atoms. The highest BCUT2D eigenvalue weighted by atomic mass is 16.7. The zero-order valence-corrected chi connectivity index (χ0v) is 10.9. The molecule has 1 aliphatic rings. The normalized spacial score (nSPS) is 12.6. The van der Waals surface area contributed by atoms with Gasteiger partial charge in [-0.05, 0) is 24.3 Å². The van der Waals surface area contributed by atoms with Crippen LogP contribution in [0.5, 0.6) is 11.5 Å². The molecule has 0 saturated carbocycles. The number of nitrogens with one attached hydrogen (secondary N) is 1. The molecule has 104 valence electrons. The summed E-state index contributed by atoms with van der Waals surface area (Å²) in [6.07, 6.45) is 5.23. The summed E-state index contributed by atoms with van der Waals surface area (Å²) >= 11 is 0. The van der Waals surface area contributed by atoms with Crippen molar-refractivity contribution in [3.8, 4) is 11.5 Å². The number of fused-ring (bicyclic) bond motifs is 2. The summed E-state index contributed by atoms with van der Waals surface area (Å²) in [6, 6.07) is 8.84. The Morgan fingerprint density at radius 1 is 1.19 bits per heavy atom. The smallest absolute Gasteiger partial charge is 0.257 e. The summed E-state index contributed by atoms with van der Waals surface area (Å²) in [5, 5.41) is 2.84. The maximum absolute atomic E-state index is 12.3. The Balaban J connectivity index is 1.60. The van der Waals surface area contributed by atoms with Crippen molar-refractivity contribution in [3.63, 3.8) is 0 Å². The van der Waals surface area contributed by atoms with E-state index in [1.807, 2.05) is 0 Å². The maximum Gasteiger partial charge on any atom is 0.257 e. The minimum Gasteiger partial charge on any atom is -0.454 e. The Bertz CT molecular complexity index is 841. The predicted molar refractivity (Wildman–Crippen MR) is 75.7 cm³/mol. The third-order valence-electron chi connectivity index (χ3n) is 3.28. The fourth-order valence-corrected chi connectivity index (χ4v) is 2.23. The van der Waals surface area contributed by atoms with E-state index >= 15 is 0 Å². The first kappa shape index (κ1) is 11.8. The molecule has 3 aromatic rings. The Morgan fingerprint density at radius 2 is 2.10 bits per heavy atom. The molecule has 6 nitrogen and oxygen atoms in total. The van der Waals surface area contributed by atoms with Gasteiger partial charge in [-0.1, -0.05) is 0 Å². The first-order chi connectivity index (χ1) is 10.3. The van der Waals surface area contributed by atoms with Crippen LogP contribution in [0.2, 0.25) is 0 Å². The second-order valence-corrected chi connectivity index (χ2v) is 4.63. The van der Waals surface area contributed by atoms with Gasteiger partial charge in [-0.2, -0.15) is 0 Å². The van der Waals surface area contributed by atoms with Crippen LogP contribution in [0.3, 0.4) is 0 Å². The molecule has 1 amide bonds. The maximum atomic E-state index is 12.3. The van der Waals surface area contributed by atoms with Gasteiger partial charge in [0.1, 0.15) is 5.65 Å². The Kier molecular flexibility index (Phi) is 2.53. The summed E-state index contributed by atoms with van der Waals surface area (Å²) in [5.74, 6) is 1.13. The van der Waals surface area contributed by atoms with Crippen LogP contribution in [0, 0.1) is 0 Å². The molecule has 0 fully saturated rings. The molecule has 0 spiro atoms.